The standard InChI is InChI=1S/C34H34N4O5/c1-5-35-22-11-13-26-29(18-22)43-30-19-23(36-6-2)12-14-27(30)34(26)25-10-8-7-9-24(25)32(40)38(34)16-15-37-21(4)31-28(39)17-20(3)42-33(31)41/h7-14,17-19,35-36,39H,5-6,15-16H2,1-4H3. The molecule has 4 aromatic rings. The van der Waals surface area contributed by atoms with E-state index in [1.54, 1.807) is 13.8 Å². The number of carbonyl (C=O) groups excluding carboxylic acids is 1. The topological polar surface area (TPSA) is 116 Å². The molecule has 0 aliphatic carbocycles. The number of benzene rings is 3. The van der Waals surface area contributed by atoms with Crippen LogP contribution in [0.15, 0.2) is 80.9 Å². The van der Waals surface area contributed by atoms with Gasteiger partial charge >= 0.3 is 5.63 Å². The van der Waals surface area contributed by atoms with Crippen molar-refractivity contribution in [1.29, 1.82) is 0 Å². The zero-order valence-electron chi connectivity index (χ0n) is 24.7. The van der Waals surface area contributed by atoms with E-state index < -0.39 is 11.2 Å². The summed E-state index contributed by atoms with van der Waals surface area (Å²) < 4.78 is 11.7. The Labute approximate surface area is 249 Å². The van der Waals surface area contributed by atoms with Gasteiger partial charge in [-0.3, -0.25) is 9.79 Å². The van der Waals surface area contributed by atoms with Crippen molar-refractivity contribution in [2.24, 2.45) is 4.99 Å². The van der Waals surface area contributed by atoms with E-state index in [9.17, 15) is 14.7 Å². The number of anilines is 2. The second kappa shape index (κ2) is 11.0. The van der Waals surface area contributed by atoms with Crippen LogP contribution in [0.3, 0.4) is 0 Å². The van der Waals surface area contributed by atoms with Crippen LogP contribution < -0.4 is 21.0 Å². The Morgan fingerprint density at radius 1 is 0.907 bits per heavy atom. The number of ether oxygens (including phenoxy) is 1. The summed E-state index contributed by atoms with van der Waals surface area (Å²) in [6.45, 7) is 9.27. The van der Waals surface area contributed by atoms with Gasteiger partial charge in [-0.2, -0.15) is 0 Å². The van der Waals surface area contributed by atoms with Gasteiger partial charge in [-0.15, -0.1) is 0 Å². The number of aliphatic imine (C=N–C) groups is 1. The molecule has 43 heavy (non-hydrogen) atoms. The Balaban J connectivity index is 1.51. The first-order chi connectivity index (χ1) is 20.8. The van der Waals surface area contributed by atoms with Crippen LogP contribution in [0.1, 0.15) is 59.1 Å². The molecular weight excluding hydrogens is 544 g/mol. The number of rotatable bonds is 8. The average Bonchev–Trinajstić information content (AvgIpc) is 3.21. The number of hydrogen-bond donors (Lipinski definition) is 3. The van der Waals surface area contributed by atoms with Crippen LogP contribution in [-0.4, -0.2) is 47.8 Å². The van der Waals surface area contributed by atoms with Gasteiger partial charge in [0.1, 0.15) is 34.1 Å². The van der Waals surface area contributed by atoms with Gasteiger partial charge in [0.2, 0.25) is 0 Å². The highest BCUT2D eigenvalue weighted by molar-refractivity contribution is 6.03. The minimum absolute atomic E-state index is 0.0185. The maximum absolute atomic E-state index is 14.2. The maximum Gasteiger partial charge on any atom is 0.348 e. The monoisotopic (exact) mass is 578 g/mol. The van der Waals surface area contributed by atoms with Gasteiger partial charge < -0.3 is 29.8 Å². The normalized spacial score (nSPS) is 14.7. The first-order valence-electron chi connectivity index (χ1n) is 14.5. The molecule has 220 valence electrons. The molecule has 0 saturated carbocycles. The number of fused-ring (bicyclic) bond motifs is 6. The fourth-order valence-corrected chi connectivity index (χ4v) is 6.31. The number of nitrogens with one attached hydrogen (secondary N) is 2. The van der Waals surface area contributed by atoms with Gasteiger partial charge in [0.05, 0.1) is 12.3 Å². The molecule has 0 atom stereocenters. The van der Waals surface area contributed by atoms with Gasteiger partial charge in [0, 0.05) is 65.9 Å². The summed E-state index contributed by atoms with van der Waals surface area (Å²) in [5, 5.41) is 17.1. The minimum Gasteiger partial charge on any atom is -0.507 e. The highest BCUT2D eigenvalue weighted by Gasteiger charge is 2.56. The Kier molecular flexibility index (Phi) is 7.17. The van der Waals surface area contributed by atoms with Crippen LogP contribution in [0.25, 0.3) is 0 Å². The molecule has 1 aromatic heterocycles. The highest BCUT2D eigenvalue weighted by atomic mass is 16.5. The first-order valence-corrected chi connectivity index (χ1v) is 14.5. The predicted octanol–water partition coefficient (Wildman–Crippen LogP) is 5.88. The van der Waals surface area contributed by atoms with E-state index in [2.05, 4.69) is 15.6 Å². The molecule has 2 aliphatic heterocycles. The summed E-state index contributed by atoms with van der Waals surface area (Å²) >= 11 is 0. The van der Waals surface area contributed by atoms with Crippen molar-refractivity contribution < 1.29 is 19.1 Å². The molecule has 2 aliphatic rings. The van der Waals surface area contributed by atoms with Crippen molar-refractivity contribution in [2.75, 3.05) is 36.8 Å². The largest absolute Gasteiger partial charge is 0.507 e. The van der Waals surface area contributed by atoms with Crippen molar-refractivity contribution in [3.63, 3.8) is 0 Å². The number of aromatic hydroxyl groups is 1. The van der Waals surface area contributed by atoms with Gasteiger partial charge in [-0.05, 0) is 51.5 Å². The van der Waals surface area contributed by atoms with E-state index in [0.717, 1.165) is 41.2 Å². The summed E-state index contributed by atoms with van der Waals surface area (Å²) in [6, 6.07) is 21.1. The van der Waals surface area contributed by atoms with E-state index in [4.69, 9.17) is 9.15 Å². The van der Waals surface area contributed by atoms with E-state index >= 15 is 0 Å². The lowest BCUT2D eigenvalue weighted by Crippen LogP contribution is -2.48. The molecule has 9 heteroatoms. The second-order valence-corrected chi connectivity index (χ2v) is 10.7. The van der Waals surface area contributed by atoms with Crippen LogP contribution in [0, 0.1) is 6.92 Å². The molecule has 0 bridgehead atoms. The van der Waals surface area contributed by atoms with Crippen molar-refractivity contribution >= 4 is 23.0 Å². The van der Waals surface area contributed by atoms with E-state index in [1.165, 1.54) is 6.07 Å². The summed E-state index contributed by atoms with van der Waals surface area (Å²) in [7, 11) is 0. The third-order valence-electron chi connectivity index (χ3n) is 8.01. The first kappa shape index (κ1) is 28.1. The number of nitrogens with zero attached hydrogens (tertiary/aromatic N) is 2. The lowest BCUT2D eigenvalue weighted by Gasteiger charge is -2.44. The molecular formula is C34H34N4O5. The fraction of sp³-hybridized carbons (Fsp3) is 0.265. The van der Waals surface area contributed by atoms with Crippen LogP contribution in [-0.2, 0) is 5.54 Å². The quantitative estimate of drug-likeness (QED) is 0.224. The molecule has 3 heterocycles. The Morgan fingerprint density at radius 3 is 2.14 bits per heavy atom. The van der Waals surface area contributed by atoms with Crippen LogP contribution in [0.5, 0.6) is 17.2 Å². The lowest BCUT2D eigenvalue weighted by molar-refractivity contribution is 0.0673. The van der Waals surface area contributed by atoms with E-state index in [1.807, 2.05) is 79.4 Å². The maximum atomic E-state index is 14.2. The van der Waals surface area contributed by atoms with Gasteiger partial charge in [-0.25, -0.2) is 4.79 Å². The molecule has 0 unspecified atom stereocenters. The third kappa shape index (κ3) is 4.52. The Hall–Kier alpha value is -5.05. The number of aryl methyl sites for hydroxylation is 1. The van der Waals surface area contributed by atoms with Crippen molar-refractivity contribution in [2.45, 2.75) is 33.2 Å². The van der Waals surface area contributed by atoms with E-state index in [0.29, 0.717) is 28.5 Å². The lowest BCUT2D eigenvalue weighted by atomic mass is 9.74. The van der Waals surface area contributed by atoms with E-state index in [-0.39, 0.29) is 30.3 Å². The Morgan fingerprint density at radius 2 is 1.53 bits per heavy atom. The van der Waals surface area contributed by atoms with Crippen molar-refractivity contribution in [1.82, 2.24) is 4.90 Å². The minimum atomic E-state index is -0.972. The molecule has 9 nitrogen and oxygen atoms in total. The van der Waals surface area contributed by atoms with Crippen LogP contribution >= 0.6 is 0 Å². The zero-order valence-corrected chi connectivity index (χ0v) is 24.7. The SMILES string of the molecule is CCNc1ccc2c(c1)Oc1cc(NCC)ccc1C21c2ccccc2C(=O)N1CCN=C(C)c1c(O)cc(C)oc1=O. The van der Waals surface area contributed by atoms with Crippen molar-refractivity contribution in [3.05, 3.63) is 111 Å². The molecule has 0 fully saturated rings. The second-order valence-electron chi connectivity index (χ2n) is 10.7. The third-order valence-corrected chi connectivity index (χ3v) is 8.01. The van der Waals surface area contributed by atoms with Crippen LogP contribution in [0.2, 0.25) is 0 Å². The summed E-state index contributed by atoms with van der Waals surface area (Å²) in [5.41, 5.74) is 3.77. The number of hydrogen-bond acceptors (Lipinski definition) is 8. The number of amides is 1. The van der Waals surface area contributed by atoms with Gasteiger partial charge in [0.25, 0.3) is 5.91 Å². The predicted molar refractivity (Wildman–Crippen MR) is 167 cm³/mol. The van der Waals surface area contributed by atoms with Gasteiger partial charge in [-0.1, -0.05) is 30.3 Å². The fourth-order valence-electron chi connectivity index (χ4n) is 6.31. The summed E-state index contributed by atoms with van der Waals surface area (Å²) in [5.74, 6) is 1.34. The molecule has 1 amide bonds. The summed E-state index contributed by atoms with van der Waals surface area (Å²) in [4.78, 5) is 33.2. The Bertz CT molecular complexity index is 1770. The molecule has 3 N–H and O–H groups in total. The van der Waals surface area contributed by atoms with Crippen molar-refractivity contribution in [3.8, 4) is 17.2 Å². The molecule has 1 spiro atoms. The average molecular weight is 579 g/mol. The molecule has 0 saturated heterocycles. The van der Waals surface area contributed by atoms with Crippen LogP contribution in [0.4, 0.5) is 11.4 Å². The molecule has 0 radical (unpaired) electrons. The smallest absolute Gasteiger partial charge is 0.348 e. The number of carbonyl (C=O) groups is 1. The highest BCUT2D eigenvalue weighted by Crippen LogP contribution is 2.58. The summed E-state index contributed by atoms with van der Waals surface area (Å²) in [6.07, 6.45) is 0. The van der Waals surface area contributed by atoms with Gasteiger partial charge in [0.15, 0.2) is 0 Å². The zero-order chi connectivity index (χ0) is 30.3. The molecule has 3 aromatic carbocycles. The molecule has 6 rings (SSSR count).